The van der Waals surface area contributed by atoms with Gasteiger partial charge in [-0.3, -0.25) is 4.79 Å². The maximum atomic E-state index is 11.5. The van der Waals surface area contributed by atoms with Crippen LogP contribution in [0.15, 0.2) is 36.9 Å². The molecule has 4 heteroatoms. The van der Waals surface area contributed by atoms with E-state index in [-0.39, 0.29) is 5.91 Å². The van der Waals surface area contributed by atoms with E-state index in [2.05, 4.69) is 6.58 Å². The summed E-state index contributed by atoms with van der Waals surface area (Å²) in [5, 5.41) is 0. The molecule has 0 radical (unpaired) electrons. The summed E-state index contributed by atoms with van der Waals surface area (Å²) in [5.41, 5.74) is 0. The van der Waals surface area contributed by atoms with E-state index in [9.17, 15) is 4.79 Å². The highest BCUT2D eigenvalue weighted by Gasteiger charge is 2.48. The van der Waals surface area contributed by atoms with E-state index in [4.69, 9.17) is 9.47 Å². The smallest absolute Gasteiger partial charge is 0.270 e. The topological polar surface area (TPSA) is 38.8 Å². The molecular weight excluding hydrogens is 218 g/mol. The van der Waals surface area contributed by atoms with Crippen molar-refractivity contribution in [3.63, 3.8) is 0 Å². The second-order valence-electron chi connectivity index (χ2n) is 4.28. The Bertz CT molecular complexity index is 458. The molecule has 0 aromatic heterocycles. The number of likely N-dealkylation sites (tertiary alicyclic amines) is 1. The summed E-state index contributed by atoms with van der Waals surface area (Å²) in [7, 11) is 0. The number of hydrogen-bond acceptors (Lipinski definition) is 3. The predicted molar refractivity (Wildman–Crippen MR) is 61.8 cm³/mol. The number of carbonyl (C=O) groups is 1. The molecule has 0 unspecified atom stereocenters. The van der Waals surface area contributed by atoms with Crippen LogP contribution < -0.4 is 9.47 Å². The van der Waals surface area contributed by atoms with Crippen LogP contribution in [0.4, 0.5) is 0 Å². The van der Waals surface area contributed by atoms with Gasteiger partial charge in [0, 0.05) is 13.0 Å². The van der Waals surface area contributed by atoms with Gasteiger partial charge in [-0.2, -0.15) is 0 Å². The third-order valence-electron chi connectivity index (χ3n) is 3.12. The molecule has 0 saturated carbocycles. The van der Waals surface area contributed by atoms with Gasteiger partial charge in [-0.15, -0.1) is 0 Å². The number of amides is 1. The number of ether oxygens (including phenoxy) is 2. The molecule has 0 bridgehead atoms. The number of benzene rings is 1. The van der Waals surface area contributed by atoms with Gasteiger partial charge >= 0.3 is 0 Å². The van der Waals surface area contributed by atoms with E-state index in [1.807, 2.05) is 24.3 Å². The minimum atomic E-state index is -0.692. The van der Waals surface area contributed by atoms with Crippen LogP contribution in [0, 0.1) is 0 Å². The first kappa shape index (κ1) is 10.2. The van der Waals surface area contributed by atoms with Crippen molar-refractivity contribution in [1.29, 1.82) is 0 Å². The van der Waals surface area contributed by atoms with Gasteiger partial charge in [-0.25, -0.2) is 0 Å². The number of hydrogen-bond donors (Lipinski definition) is 0. The second kappa shape index (κ2) is 3.52. The van der Waals surface area contributed by atoms with Crippen LogP contribution in [0.2, 0.25) is 0 Å². The van der Waals surface area contributed by atoms with Crippen molar-refractivity contribution in [1.82, 2.24) is 4.90 Å². The van der Waals surface area contributed by atoms with E-state index in [0.717, 1.165) is 11.5 Å². The molecule has 2 aliphatic heterocycles. The van der Waals surface area contributed by atoms with E-state index in [1.54, 1.807) is 4.90 Å². The Labute approximate surface area is 99.4 Å². The van der Waals surface area contributed by atoms with Crippen LogP contribution in [0.3, 0.4) is 0 Å². The normalized spacial score (nSPS) is 19.6. The molecule has 88 valence electrons. The van der Waals surface area contributed by atoms with Crippen LogP contribution in [0.1, 0.15) is 6.42 Å². The van der Waals surface area contributed by atoms with Crippen LogP contribution in [-0.2, 0) is 4.79 Å². The standard InChI is InChI=1S/C13H13NO3/c1-2-12(15)14-8-7-13(9-14)16-10-5-3-4-6-11(10)17-13/h2-6H,1,7-9H2. The van der Waals surface area contributed by atoms with Gasteiger partial charge in [0.05, 0.1) is 6.54 Å². The Morgan fingerprint density at radius 3 is 2.59 bits per heavy atom. The van der Waals surface area contributed by atoms with Gasteiger partial charge in [-0.05, 0) is 18.2 Å². The summed E-state index contributed by atoms with van der Waals surface area (Å²) >= 11 is 0. The Morgan fingerprint density at radius 2 is 2.00 bits per heavy atom. The molecule has 1 aromatic carbocycles. The maximum Gasteiger partial charge on any atom is 0.270 e. The molecule has 0 N–H and O–H groups in total. The Kier molecular flexibility index (Phi) is 2.11. The lowest BCUT2D eigenvalue weighted by molar-refractivity contribution is -0.128. The summed E-state index contributed by atoms with van der Waals surface area (Å²) in [6.07, 6.45) is 2.00. The molecule has 17 heavy (non-hydrogen) atoms. The van der Waals surface area contributed by atoms with Crippen molar-refractivity contribution < 1.29 is 14.3 Å². The van der Waals surface area contributed by atoms with Crippen molar-refractivity contribution in [2.24, 2.45) is 0 Å². The van der Waals surface area contributed by atoms with Gasteiger partial charge < -0.3 is 14.4 Å². The fraction of sp³-hybridized carbons (Fsp3) is 0.308. The van der Waals surface area contributed by atoms with E-state index < -0.39 is 5.79 Å². The molecule has 1 fully saturated rings. The third kappa shape index (κ3) is 1.56. The monoisotopic (exact) mass is 231 g/mol. The first-order valence-corrected chi connectivity index (χ1v) is 5.61. The van der Waals surface area contributed by atoms with Gasteiger partial charge in [0.15, 0.2) is 11.5 Å². The molecule has 1 aromatic rings. The highest BCUT2D eigenvalue weighted by molar-refractivity contribution is 5.87. The molecule has 4 nitrogen and oxygen atoms in total. The molecule has 0 aliphatic carbocycles. The molecule has 1 saturated heterocycles. The van der Waals surface area contributed by atoms with Gasteiger partial charge in [0.2, 0.25) is 5.91 Å². The van der Waals surface area contributed by atoms with Gasteiger partial charge in [-0.1, -0.05) is 18.7 Å². The van der Waals surface area contributed by atoms with Gasteiger partial charge in [0.25, 0.3) is 5.79 Å². The predicted octanol–water partition coefficient (Wildman–Crippen LogP) is 1.57. The zero-order valence-electron chi connectivity index (χ0n) is 9.39. The van der Waals surface area contributed by atoms with Crippen molar-refractivity contribution >= 4 is 5.91 Å². The molecule has 0 atom stereocenters. The maximum absolute atomic E-state index is 11.5. The summed E-state index contributed by atoms with van der Waals surface area (Å²) in [6.45, 7) is 4.58. The highest BCUT2D eigenvalue weighted by Crippen LogP contribution is 2.42. The average molecular weight is 231 g/mol. The number of nitrogens with zero attached hydrogens (tertiary/aromatic N) is 1. The molecular formula is C13H13NO3. The quantitative estimate of drug-likeness (QED) is 0.689. The molecule has 3 rings (SSSR count). The Balaban J connectivity index is 1.80. The zero-order valence-corrected chi connectivity index (χ0v) is 9.39. The van der Waals surface area contributed by atoms with Crippen molar-refractivity contribution in [3.05, 3.63) is 36.9 Å². The Hall–Kier alpha value is -1.97. The molecule has 1 spiro atoms. The number of fused-ring (bicyclic) bond motifs is 1. The van der Waals surface area contributed by atoms with Crippen LogP contribution in [0.5, 0.6) is 11.5 Å². The number of para-hydroxylation sites is 2. The summed E-state index contributed by atoms with van der Waals surface area (Å²) in [4.78, 5) is 13.2. The Morgan fingerprint density at radius 1 is 1.35 bits per heavy atom. The van der Waals surface area contributed by atoms with Crippen molar-refractivity contribution in [2.45, 2.75) is 12.2 Å². The lowest BCUT2D eigenvalue weighted by Crippen LogP contribution is -2.42. The molecule has 2 aliphatic rings. The first-order valence-electron chi connectivity index (χ1n) is 5.61. The van der Waals surface area contributed by atoms with Crippen LogP contribution in [-0.4, -0.2) is 29.7 Å². The number of carbonyl (C=O) groups excluding carboxylic acids is 1. The van der Waals surface area contributed by atoms with Crippen molar-refractivity contribution in [2.75, 3.05) is 13.1 Å². The third-order valence-corrected chi connectivity index (χ3v) is 3.12. The largest absolute Gasteiger partial charge is 0.447 e. The first-order chi connectivity index (χ1) is 8.22. The van der Waals surface area contributed by atoms with Gasteiger partial charge in [0.1, 0.15) is 0 Å². The average Bonchev–Trinajstić information content (AvgIpc) is 2.92. The number of rotatable bonds is 1. The summed E-state index contributed by atoms with van der Waals surface area (Å²) in [6, 6.07) is 7.57. The van der Waals surface area contributed by atoms with E-state index in [0.29, 0.717) is 19.5 Å². The summed E-state index contributed by atoms with van der Waals surface area (Å²) in [5.74, 6) is 0.730. The van der Waals surface area contributed by atoms with Crippen molar-refractivity contribution in [3.8, 4) is 11.5 Å². The molecule has 1 amide bonds. The van der Waals surface area contributed by atoms with E-state index >= 15 is 0 Å². The van der Waals surface area contributed by atoms with Crippen LogP contribution in [0.25, 0.3) is 0 Å². The molecule has 2 heterocycles. The minimum Gasteiger partial charge on any atom is -0.447 e. The van der Waals surface area contributed by atoms with Crippen LogP contribution >= 0.6 is 0 Å². The lowest BCUT2D eigenvalue weighted by Gasteiger charge is -2.22. The lowest BCUT2D eigenvalue weighted by atomic mass is 10.2. The summed E-state index contributed by atoms with van der Waals surface area (Å²) < 4.78 is 11.7. The second-order valence-corrected chi connectivity index (χ2v) is 4.28. The SMILES string of the molecule is C=CC(=O)N1CCC2(C1)Oc1ccccc1O2. The highest BCUT2D eigenvalue weighted by atomic mass is 16.7. The minimum absolute atomic E-state index is 0.0787. The zero-order chi connectivity index (χ0) is 11.9. The van der Waals surface area contributed by atoms with E-state index in [1.165, 1.54) is 6.08 Å². The fourth-order valence-corrected chi connectivity index (χ4v) is 2.28. The fourth-order valence-electron chi connectivity index (χ4n) is 2.28.